The van der Waals surface area contributed by atoms with Gasteiger partial charge in [-0.25, -0.2) is 4.99 Å². The number of hydrogen-bond donors (Lipinski definition) is 2. The molecular weight excluding hydrogens is 306 g/mol. The van der Waals surface area contributed by atoms with Crippen LogP contribution in [-0.4, -0.2) is 42.9 Å². The summed E-state index contributed by atoms with van der Waals surface area (Å²) < 4.78 is 11.3. The van der Waals surface area contributed by atoms with Crippen molar-refractivity contribution in [1.29, 1.82) is 10.7 Å². The van der Waals surface area contributed by atoms with Gasteiger partial charge in [-0.1, -0.05) is 6.42 Å². The molecule has 0 amide bonds. The van der Waals surface area contributed by atoms with Crippen LogP contribution in [0.3, 0.4) is 0 Å². The molecule has 1 fully saturated rings. The van der Waals surface area contributed by atoms with Crippen molar-refractivity contribution in [2.24, 2.45) is 16.1 Å². The van der Waals surface area contributed by atoms with Gasteiger partial charge < -0.3 is 20.1 Å². The van der Waals surface area contributed by atoms with E-state index in [1.165, 1.54) is 0 Å². The minimum absolute atomic E-state index is 0.0802. The summed E-state index contributed by atoms with van der Waals surface area (Å²) in [7, 11) is 0. The lowest BCUT2D eigenvalue weighted by molar-refractivity contribution is 0.0661. The summed E-state index contributed by atoms with van der Waals surface area (Å²) in [6.45, 7) is 2.58. The van der Waals surface area contributed by atoms with E-state index in [9.17, 15) is 5.26 Å². The molecule has 3 heterocycles. The molecule has 0 radical (unpaired) electrons. The number of amidine groups is 1. The maximum Gasteiger partial charge on any atom is 0.210 e. The molecule has 0 aromatic rings. The van der Waals surface area contributed by atoms with Gasteiger partial charge in [0, 0.05) is 19.5 Å². The highest BCUT2D eigenvalue weighted by atomic mass is 16.5. The third-order valence-corrected chi connectivity index (χ3v) is 5.30. The van der Waals surface area contributed by atoms with Gasteiger partial charge in [-0.2, -0.15) is 5.26 Å². The zero-order chi connectivity index (χ0) is 16.7. The largest absolute Gasteiger partial charge is 0.446 e. The van der Waals surface area contributed by atoms with Gasteiger partial charge >= 0.3 is 0 Å². The van der Waals surface area contributed by atoms with Crippen LogP contribution in [0.1, 0.15) is 32.1 Å². The second-order valence-electron chi connectivity index (χ2n) is 6.55. The predicted molar refractivity (Wildman–Crippen MR) is 88.0 cm³/mol. The number of nitriles is 1. The first-order valence-electron chi connectivity index (χ1n) is 8.51. The van der Waals surface area contributed by atoms with Crippen LogP contribution in [-0.2, 0) is 9.47 Å². The van der Waals surface area contributed by atoms with E-state index in [1.54, 1.807) is 0 Å². The van der Waals surface area contributed by atoms with E-state index in [0.29, 0.717) is 37.7 Å². The fraction of sp³-hybridized carbons (Fsp3) is 0.588. The maximum atomic E-state index is 9.78. The van der Waals surface area contributed by atoms with Crippen LogP contribution in [0.5, 0.6) is 0 Å². The molecule has 0 aromatic heterocycles. The van der Waals surface area contributed by atoms with E-state index in [2.05, 4.69) is 16.0 Å². The summed E-state index contributed by atoms with van der Waals surface area (Å²) in [5.74, 6) is 1.82. The molecule has 126 valence electrons. The standard InChI is InChI=1S/C17H21N5O2/c18-10-12-14(19)21-16(22-6-8-23-9-7-22)17(12)11-4-2-1-3-5-13(11)24-15(17)20/h20H,1-9,19H2. The van der Waals surface area contributed by atoms with E-state index in [1.807, 2.05) is 0 Å². The zero-order valence-corrected chi connectivity index (χ0v) is 13.6. The Morgan fingerprint density at radius 2 is 1.96 bits per heavy atom. The number of rotatable bonds is 0. The average Bonchev–Trinajstić information content (AvgIpc) is 2.91. The molecule has 1 atom stereocenters. The quantitative estimate of drug-likeness (QED) is 0.703. The van der Waals surface area contributed by atoms with E-state index < -0.39 is 5.41 Å². The Hall–Kier alpha value is -2.33. The first-order chi connectivity index (χ1) is 11.7. The molecular formula is C17H21N5O2. The van der Waals surface area contributed by atoms with Crippen LogP contribution >= 0.6 is 0 Å². The lowest BCUT2D eigenvalue weighted by atomic mass is 9.72. The summed E-state index contributed by atoms with van der Waals surface area (Å²) in [5, 5.41) is 18.4. The number of nitrogens with one attached hydrogen (secondary N) is 1. The summed E-state index contributed by atoms with van der Waals surface area (Å²) in [6, 6.07) is 2.23. The Morgan fingerprint density at radius 3 is 2.71 bits per heavy atom. The number of fused-ring (bicyclic) bond motifs is 1. The van der Waals surface area contributed by atoms with Gasteiger partial charge in [-0.3, -0.25) is 5.41 Å². The van der Waals surface area contributed by atoms with E-state index in [-0.39, 0.29) is 11.7 Å². The van der Waals surface area contributed by atoms with Gasteiger partial charge in [-0.15, -0.1) is 0 Å². The van der Waals surface area contributed by atoms with Crippen molar-refractivity contribution >= 4 is 11.7 Å². The summed E-state index contributed by atoms with van der Waals surface area (Å²) >= 11 is 0. The Morgan fingerprint density at radius 1 is 1.21 bits per heavy atom. The number of morpholine rings is 1. The van der Waals surface area contributed by atoms with E-state index in [0.717, 1.165) is 43.4 Å². The lowest BCUT2D eigenvalue weighted by Gasteiger charge is -2.37. The van der Waals surface area contributed by atoms with Crippen molar-refractivity contribution in [3.05, 3.63) is 22.7 Å². The number of aliphatic imine (C=N–C) groups is 1. The smallest absolute Gasteiger partial charge is 0.210 e. The number of hydrogen-bond acceptors (Lipinski definition) is 7. The van der Waals surface area contributed by atoms with Gasteiger partial charge in [0.2, 0.25) is 5.90 Å². The number of ether oxygens (including phenoxy) is 2. The maximum absolute atomic E-state index is 9.78. The van der Waals surface area contributed by atoms with Crippen molar-refractivity contribution < 1.29 is 9.47 Å². The highest BCUT2D eigenvalue weighted by Crippen LogP contribution is 2.53. The van der Waals surface area contributed by atoms with Crippen LogP contribution in [0.25, 0.3) is 0 Å². The Kier molecular flexibility index (Phi) is 3.57. The van der Waals surface area contributed by atoms with Crippen LogP contribution in [0.2, 0.25) is 0 Å². The van der Waals surface area contributed by atoms with Crippen LogP contribution in [0.4, 0.5) is 0 Å². The van der Waals surface area contributed by atoms with Crippen LogP contribution in [0, 0.1) is 22.2 Å². The normalized spacial score (nSPS) is 30.2. The van der Waals surface area contributed by atoms with E-state index in [4.69, 9.17) is 20.6 Å². The van der Waals surface area contributed by atoms with Crippen molar-refractivity contribution in [1.82, 2.24) is 4.90 Å². The molecule has 1 unspecified atom stereocenters. The third-order valence-electron chi connectivity index (χ3n) is 5.30. The van der Waals surface area contributed by atoms with Crippen LogP contribution < -0.4 is 5.73 Å². The molecule has 7 nitrogen and oxygen atoms in total. The zero-order valence-electron chi connectivity index (χ0n) is 13.6. The van der Waals surface area contributed by atoms with Gasteiger partial charge in [0.05, 0.1) is 18.8 Å². The average molecular weight is 327 g/mol. The molecule has 0 saturated carbocycles. The highest BCUT2D eigenvalue weighted by Gasteiger charge is 2.60. The van der Waals surface area contributed by atoms with E-state index >= 15 is 0 Å². The molecule has 3 N–H and O–H groups in total. The Balaban J connectivity index is 1.87. The number of allylic oxidation sites excluding steroid dienone is 1. The van der Waals surface area contributed by atoms with Crippen molar-refractivity contribution in [2.75, 3.05) is 26.3 Å². The monoisotopic (exact) mass is 327 g/mol. The number of nitrogens with two attached hydrogens (primary N) is 1. The molecule has 1 aliphatic carbocycles. The van der Waals surface area contributed by atoms with Crippen molar-refractivity contribution in [3.8, 4) is 6.07 Å². The molecule has 0 aromatic carbocycles. The van der Waals surface area contributed by atoms with Gasteiger partial charge in [0.25, 0.3) is 0 Å². The fourth-order valence-electron chi connectivity index (χ4n) is 4.18. The summed E-state index contributed by atoms with van der Waals surface area (Å²) in [4.78, 5) is 6.64. The number of nitrogens with zero attached hydrogens (tertiary/aromatic N) is 3. The van der Waals surface area contributed by atoms with Gasteiger partial charge in [0.15, 0.2) is 5.41 Å². The molecule has 0 bridgehead atoms. The summed E-state index contributed by atoms with van der Waals surface area (Å²) in [5.41, 5.74) is 6.47. The second-order valence-corrected chi connectivity index (χ2v) is 6.55. The third kappa shape index (κ3) is 1.93. The molecule has 3 aliphatic heterocycles. The fourth-order valence-corrected chi connectivity index (χ4v) is 4.18. The molecule has 24 heavy (non-hydrogen) atoms. The lowest BCUT2D eigenvalue weighted by Crippen LogP contribution is -2.51. The van der Waals surface area contributed by atoms with Crippen LogP contribution in [0.15, 0.2) is 27.7 Å². The van der Waals surface area contributed by atoms with Crippen molar-refractivity contribution in [2.45, 2.75) is 32.1 Å². The summed E-state index contributed by atoms with van der Waals surface area (Å²) in [6.07, 6.45) is 4.85. The van der Waals surface area contributed by atoms with Crippen molar-refractivity contribution in [3.63, 3.8) is 0 Å². The highest BCUT2D eigenvalue weighted by molar-refractivity contribution is 6.17. The molecule has 7 heteroatoms. The molecule has 1 spiro atoms. The molecule has 4 aliphatic rings. The van der Waals surface area contributed by atoms with Gasteiger partial charge in [-0.05, 0) is 24.8 Å². The Labute approximate surface area is 140 Å². The van der Waals surface area contributed by atoms with Gasteiger partial charge in [0.1, 0.15) is 23.5 Å². The molecule has 1 saturated heterocycles. The SMILES string of the molecule is N#CC1=C(N)N=C(N2CCOCC2)C12C(=N)OC1=C2CCCCC1. The first kappa shape index (κ1) is 15.2. The second kappa shape index (κ2) is 5.64. The predicted octanol–water partition coefficient (Wildman–Crippen LogP) is 1.64. The first-order valence-corrected chi connectivity index (χ1v) is 8.51. The minimum atomic E-state index is -1.00. The molecule has 4 rings (SSSR count). The Bertz CT molecular complexity index is 724. The topological polar surface area (TPSA) is 108 Å². The minimum Gasteiger partial charge on any atom is -0.446 e.